The predicted octanol–water partition coefficient (Wildman–Crippen LogP) is 4.17. The highest BCUT2D eigenvalue weighted by atomic mass is 32.2. The molecule has 0 bridgehead atoms. The van der Waals surface area contributed by atoms with Gasteiger partial charge in [-0.15, -0.1) is 10.2 Å². The van der Waals surface area contributed by atoms with Gasteiger partial charge in [-0.1, -0.05) is 24.3 Å². The fourth-order valence-electron chi connectivity index (χ4n) is 2.69. The summed E-state index contributed by atoms with van der Waals surface area (Å²) in [4.78, 5) is 17.7. The Morgan fingerprint density at radius 1 is 1.11 bits per heavy atom. The van der Waals surface area contributed by atoms with Crippen LogP contribution in [0.25, 0.3) is 17.0 Å². The standard InChI is InChI=1S/C21H17N5OS/c1-26-14-23-25-21(26)28-18-10-8-17(9-11-18)24-19(27)12-7-16-5-2-4-15-6-3-13-22-20(15)16/h2-14H,1H3,(H,24,27)/b12-7+. The summed E-state index contributed by atoms with van der Waals surface area (Å²) in [6.45, 7) is 0. The molecule has 2 aromatic carbocycles. The first-order chi connectivity index (χ1) is 13.7. The number of carbonyl (C=O) groups is 1. The van der Waals surface area contributed by atoms with Crippen molar-refractivity contribution in [3.63, 3.8) is 0 Å². The van der Waals surface area contributed by atoms with Gasteiger partial charge in [0.05, 0.1) is 5.52 Å². The summed E-state index contributed by atoms with van der Waals surface area (Å²) < 4.78 is 1.85. The van der Waals surface area contributed by atoms with Crippen LogP contribution >= 0.6 is 11.8 Å². The van der Waals surface area contributed by atoms with Crippen molar-refractivity contribution in [1.29, 1.82) is 0 Å². The molecule has 4 rings (SSSR count). The Morgan fingerprint density at radius 3 is 2.71 bits per heavy atom. The van der Waals surface area contributed by atoms with E-state index < -0.39 is 0 Å². The molecule has 28 heavy (non-hydrogen) atoms. The molecule has 0 unspecified atom stereocenters. The maximum absolute atomic E-state index is 12.3. The average molecular weight is 387 g/mol. The quantitative estimate of drug-likeness (QED) is 0.521. The zero-order chi connectivity index (χ0) is 19.3. The van der Waals surface area contributed by atoms with Gasteiger partial charge in [-0.25, -0.2) is 0 Å². The van der Waals surface area contributed by atoms with Gasteiger partial charge in [-0.2, -0.15) is 0 Å². The van der Waals surface area contributed by atoms with E-state index in [1.165, 1.54) is 17.8 Å². The maximum Gasteiger partial charge on any atom is 0.248 e. The predicted molar refractivity (Wildman–Crippen MR) is 111 cm³/mol. The van der Waals surface area contributed by atoms with E-state index >= 15 is 0 Å². The molecule has 1 amide bonds. The number of hydrogen-bond acceptors (Lipinski definition) is 5. The van der Waals surface area contributed by atoms with Gasteiger partial charge in [0.1, 0.15) is 6.33 Å². The first-order valence-corrected chi connectivity index (χ1v) is 9.45. The van der Waals surface area contributed by atoms with Crippen LogP contribution in [0, 0.1) is 0 Å². The van der Waals surface area contributed by atoms with Crippen LogP contribution in [0.15, 0.2) is 83.2 Å². The van der Waals surface area contributed by atoms with E-state index in [0.717, 1.165) is 32.2 Å². The second kappa shape index (κ2) is 8.06. The molecule has 0 saturated carbocycles. The molecule has 4 aromatic rings. The third kappa shape index (κ3) is 4.10. The van der Waals surface area contributed by atoms with Crippen molar-refractivity contribution < 1.29 is 4.79 Å². The Balaban J connectivity index is 1.42. The second-order valence-electron chi connectivity index (χ2n) is 6.10. The number of carbonyl (C=O) groups excluding carboxylic acids is 1. The van der Waals surface area contributed by atoms with Gasteiger partial charge in [-0.05, 0) is 48.2 Å². The number of benzene rings is 2. The fraction of sp³-hybridized carbons (Fsp3) is 0.0476. The Kier molecular flexibility index (Phi) is 5.16. The number of fused-ring (bicyclic) bond motifs is 1. The molecule has 0 aliphatic carbocycles. The van der Waals surface area contributed by atoms with Crippen LogP contribution < -0.4 is 5.32 Å². The Hall–Kier alpha value is -3.45. The van der Waals surface area contributed by atoms with Gasteiger partial charge in [-0.3, -0.25) is 9.78 Å². The fourth-order valence-corrected chi connectivity index (χ4v) is 3.45. The number of anilines is 1. The van der Waals surface area contributed by atoms with Crippen LogP contribution in [0.3, 0.4) is 0 Å². The lowest BCUT2D eigenvalue weighted by Gasteiger charge is -2.05. The molecule has 0 atom stereocenters. The summed E-state index contributed by atoms with van der Waals surface area (Å²) in [7, 11) is 1.90. The van der Waals surface area contributed by atoms with E-state index in [-0.39, 0.29) is 5.91 Å². The van der Waals surface area contributed by atoms with E-state index in [1.807, 2.05) is 66.2 Å². The Morgan fingerprint density at radius 2 is 1.93 bits per heavy atom. The van der Waals surface area contributed by atoms with Crippen LogP contribution in [0.5, 0.6) is 0 Å². The van der Waals surface area contributed by atoms with Gasteiger partial charge in [0.15, 0.2) is 5.16 Å². The van der Waals surface area contributed by atoms with Gasteiger partial charge >= 0.3 is 0 Å². The third-order valence-corrected chi connectivity index (χ3v) is 5.14. The van der Waals surface area contributed by atoms with E-state index in [9.17, 15) is 4.79 Å². The topological polar surface area (TPSA) is 72.7 Å². The van der Waals surface area contributed by atoms with Crippen LogP contribution in [0.4, 0.5) is 5.69 Å². The maximum atomic E-state index is 12.3. The highest BCUT2D eigenvalue weighted by molar-refractivity contribution is 7.99. The van der Waals surface area contributed by atoms with Crippen molar-refractivity contribution in [2.24, 2.45) is 7.05 Å². The first-order valence-electron chi connectivity index (χ1n) is 8.64. The molecule has 6 nitrogen and oxygen atoms in total. The number of para-hydroxylation sites is 1. The lowest BCUT2D eigenvalue weighted by atomic mass is 10.1. The van der Waals surface area contributed by atoms with Crippen molar-refractivity contribution >= 4 is 40.3 Å². The molecule has 0 spiro atoms. The number of aromatic nitrogens is 4. The van der Waals surface area contributed by atoms with E-state index in [0.29, 0.717) is 0 Å². The summed E-state index contributed by atoms with van der Waals surface area (Å²) in [5.74, 6) is -0.193. The summed E-state index contributed by atoms with van der Waals surface area (Å²) in [6, 6.07) is 17.4. The molecule has 0 fully saturated rings. The molecule has 1 N–H and O–H groups in total. The van der Waals surface area contributed by atoms with Crippen LogP contribution in [-0.2, 0) is 11.8 Å². The summed E-state index contributed by atoms with van der Waals surface area (Å²) in [5.41, 5.74) is 2.51. The number of hydrogen-bond donors (Lipinski definition) is 1. The highest BCUT2D eigenvalue weighted by Crippen LogP contribution is 2.26. The van der Waals surface area contributed by atoms with Crippen LogP contribution in [0.2, 0.25) is 0 Å². The van der Waals surface area contributed by atoms with Gasteiger partial charge in [0, 0.05) is 40.9 Å². The first kappa shape index (κ1) is 17.9. The van der Waals surface area contributed by atoms with Crippen LogP contribution in [-0.4, -0.2) is 25.7 Å². The molecule has 0 aliphatic rings. The van der Waals surface area contributed by atoms with E-state index in [2.05, 4.69) is 20.5 Å². The van der Waals surface area contributed by atoms with Crippen molar-refractivity contribution in [1.82, 2.24) is 19.7 Å². The lowest BCUT2D eigenvalue weighted by Crippen LogP contribution is -2.07. The normalized spacial score (nSPS) is 11.2. The Bertz CT molecular complexity index is 1150. The monoisotopic (exact) mass is 387 g/mol. The largest absolute Gasteiger partial charge is 0.323 e. The number of aryl methyl sites for hydroxylation is 1. The van der Waals surface area contributed by atoms with E-state index in [4.69, 9.17) is 0 Å². The smallest absolute Gasteiger partial charge is 0.248 e. The molecule has 138 valence electrons. The minimum Gasteiger partial charge on any atom is -0.323 e. The number of nitrogens with one attached hydrogen (secondary N) is 1. The van der Waals surface area contributed by atoms with Crippen LogP contribution in [0.1, 0.15) is 5.56 Å². The second-order valence-corrected chi connectivity index (χ2v) is 7.14. The SMILES string of the molecule is Cn1cnnc1Sc1ccc(NC(=O)/C=C/c2cccc3cccnc23)cc1. The highest BCUT2D eigenvalue weighted by Gasteiger charge is 2.05. The molecule has 0 saturated heterocycles. The Labute approximate surface area is 166 Å². The summed E-state index contributed by atoms with van der Waals surface area (Å²) in [6.07, 6.45) is 6.71. The molecule has 7 heteroatoms. The number of rotatable bonds is 5. The zero-order valence-electron chi connectivity index (χ0n) is 15.1. The summed E-state index contributed by atoms with van der Waals surface area (Å²) >= 11 is 1.51. The molecule has 0 radical (unpaired) electrons. The van der Waals surface area contributed by atoms with Crippen molar-refractivity contribution in [2.45, 2.75) is 10.1 Å². The summed E-state index contributed by atoms with van der Waals surface area (Å²) in [5, 5.41) is 12.6. The minimum atomic E-state index is -0.193. The van der Waals surface area contributed by atoms with Crippen molar-refractivity contribution in [2.75, 3.05) is 5.32 Å². The number of nitrogens with zero attached hydrogens (tertiary/aromatic N) is 4. The average Bonchev–Trinajstić information content (AvgIpc) is 3.12. The molecule has 0 aliphatic heterocycles. The third-order valence-electron chi connectivity index (χ3n) is 4.08. The molecule has 2 aromatic heterocycles. The van der Waals surface area contributed by atoms with Crippen molar-refractivity contribution in [3.05, 3.63) is 78.8 Å². The number of pyridine rings is 1. The molecular weight excluding hydrogens is 370 g/mol. The van der Waals surface area contributed by atoms with Gasteiger partial charge < -0.3 is 9.88 Å². The minimum absolute atomic E-state index is 0.193. The van der Waals surface area contributed by atoms with Gasteiger partial charge in [0.25, 0.3) is 0 Å². The van der Waals surface area contributed by atoms with Gasteiger partial charge in [0.2, 0.25) is 5.91 Å². The zero-order valence-corrected chi connectivity index (χ0v) is 15.9. The molecular formula is C21H17N5OS. The van der Waals surface area contributed by atoms with Crippen molar-refractivity contribution in [3.8, 4) is 0 Å². The van der Waals surface area contributed by atoms with E-state index in [1.54, 1.807) is 18.6 Å². The number of amides is 1. The molecule has 2 heterocycles. The lowest BCUT2D eigenvalue weighted by molar-refractivity contribution is -0.111.